The number of halogens is 4. The van der Waals surface area contributed by atoms with Crippen LogP contribution in [0.4, 0.5) is 24.9 Å². The van der Waals surface area contributed by atoms with Crippen molar-refractivity contribution < 1.29 is 51.3 Å². The fourth-order valence-corrected chi connectivity index (χ4v) is 7.15. The van der Waals surface area contributed by atoms with Crippen LogP contribution in [0.5, 0.6) is 5.75 Å². The molecule has 2 aliphatic rings. The Bertz CT molecular complexity index is 1950. The fourth-order valence-electron chi connectivity index (χ4n) is 5.54. The average Bonchev–Trinajstić information content (AvgIpc) is 3.54. The van der Waals surface area contributed by atoms with E-state index in [0.717, 1.165) is 17.1 Å². The van der Waals surface area contributed by atoms with Crippen molar-refractivity contribution in [1.29, 1.82) is 0 Å². The number of nitrogens with one attached hydrogen (secondary N) is 1. The Morgan fingerprint density at radius 3 is 2.63 bits per heavy atom. The lowest BCUT2D eigenvalue weighted by Gasteiger charge is -2.30. The molecule has 1 fully saturated rings. The number of nitrogen functional groups attached to an aromatic ring is 1. The van der Waals surface area contributed by atoms with Gasteiger partial charge in [-0.2, -0.15) is 28.2 Å². The number of anilines is 2. The Kier molecular flexibility index (Phi) is 9.00. The topological polar surface area (TPSA) is 222 Å². The normalized spacial score (nSPS) is 25.1. The molecule has 0 radical (unpaired) electrons. The summed E-state index contributed by atoms with van der Waals surface area (Å²) in [4.78, 5) is 25.4. The number of nitrogens with two attached hydrogens (primary N) is 2. The van der Waals surface area contributed by atoms with E-state index in [9.17, 15) is 32.7 Å². The second-order valence-electron chi connectivity index (χ2n) is 11.4. The zero-order valence-corrected chi connectivity index (χ0v) is 27.2. The summed E-state index contributed by atoms with van der Waals surface area (Å²) in [5.41, 5.74) is 2.57. The smallest absolute Gasteiger partial charge is 0.459 e. The largest absolute Gasteiger partial charge is 0.459 e. The Hall–Kier alpha value is -4.07. The highest BCUT2D eigenvalue weighted by molar-refractivity contribution is 7.52. The molecule has 0 amide bonds. The molecule has 262 valence electrons. The van der Waals surface area contributed by atoms with Gasteiger partial charge in [0.15, 0.2) is 23.2 Å². The van der Waals surface area contributed by atoms with Crippen LogP contribution < -0.4 is 26.2 Å². The molecule has 16 nitrogen and oxygen atoms in total. The van der Waals surface area contributed by atoms with Gasteiger partial charge in [-0.05, 0) is 42.8 Å². The highest BCUT2D eigenvalue weighted by Gasteiger charge is 2.54. The predicted octanol–water partition coefficient (Wildman–Crippen LogP) is 2.99. The highest BCUT2D eigenvalue weighted by atomic mass is 35.5. The van der Waals surface area contributed by atoms with Gasteiger partial charge in [-0.3, -0.25) is 14.1 Å². The number of fused-ring (bicyclic) bond motifs is 2. The van der Waals surface area contributed by atoms with E-state index in [1.807, 2.05) is 0 Å². The third kappa shape index (κ3) is 6.63. The molecular formula is C28H29ClF3N8O8P. The van der Waals surface area contributed by atoms with Crippen LogP contribution in [0, 0.1) is 0 Å². The second kappa shape index (κ2) is 12.7. The average molecular weight is 729 g/mol. The van der Waals surface area contributed by atoms with Gasteiger partial charge in [0, 0.05) is 17.6 Å². The lowest BCUT2D eigenvalue weighted by atomic mass is 9.94. The molecule has 6 rings (SSSR count). The number of hydrogen-bond acceptors (Lipinski definition) is 14. The van der Waals surface area contributed by atoms with Crippen molar-refractivity contribution in [3.8, 4) is 5.75 Å². The molecule has 4 heterocycles. The summed E-state index contributed by atoms with van der Waals surface area (Å²) >= 11 is 5.96. The molecule has 1 saturated heterocycles. The minimum Gasteiger partial charge on any atom is -0.459 e. The molecule has 2 aromatic carbocycles. The Morgan fingerprint density at radius 1 is 1.24 bits per heavy atom. The number of aliphatic hydroxyl groups excluding tert-OH is 1. The van der Waals surface area contributed by atoms with Gasteiger partial charge < -0.3 is 29.9 Å². The van der Waals surface area contributed by atoms with Crippen molar-refractivity contribution in [2.24, 2.45) is 5.84 Å². The lowest BCUT2D eigenvalue weighted by molar-refractivity contribution is -0.152. The van der Waals surface area contributed by atoms with Crippen LogP contribution in [-0.2, 0) is 36.1 Å². The van der Waals surface area contributed by atoms with Gasteiger partial charge in [0.25, 0.3) is 0 Å². The lowest BCUT2D eigenvalue weighted by Crippen LogP contribution is -2.44. The number of cyclic esters (lactones) is 1. The molecular weight excluding hydrogens is 700 g/mol. The summed E-state index contributed by atoms with van der Waals surface area (Å²) in [6.07, 6.45) is -7.97. The number of carbonyl (C=O) groups excluding carboxylic acids is 1. The van der Waals surface area contributed by atoms with E-state index in [0.29, 0.717) is 5.02 Å². The number of hydrogen-bond donors (Lipinski definition) is 5. The van der Waals surface area contributed by atoms with Crippen LogP contribution in [-0.4, -0.2) is 67.2 Å². The van der Waals surface area contributed by atoms with Crippen molar-refractivity contribution in [2.75, 3.05) is 24.4 Å². The number of esters is 1. The minimum absolute atomic E-state index is 0.0609. The van der Waals surface area contributed by atoms with Crippen molar-refractivity contribution in [3.63, 3.8) is 0 Å². The highest BCUT2D eigenvalue weighted by Crippen LogP contribution is 2.50. The summed E-state index contributed by atoms with van der Waals surface area (Å²) in [6, 6.07) is 6.93. The summed E-state index contributed by atoms with van der Waals surface area (Å²) in [7, 11) is -3.26. The summed E-state index contributed by atoms with van der Waals surface area (Å²) in [6.45, 7) is -0.139. The van der Waals surface area contributed by atoms with Crippen LogP contribution in [0.1, 0.15) is 35.9 Å². The molecule has 2 aromatic heterocycles. The quantitative estimate of drug-likeness (QED) is 0.0723. The van der Waals surface area contributed by atoms with Crippen molar-refractivity contribution in [3.05, 3.63) is 70.5 Å². The number of carbonyl (C=O) groups is 1. The molecule has 4 aromatic rings. The summed E-state index contributed by atoms with van der Waals surface area (Å²) < 4.78 is 79.3. The van der Waals surface area contributed by atoms with Crippen molar-refractivity contribution >= 4 is 48.2 Å². The summed E-state index contributed by atoms with van der Waals surface area (Å²) in [5, 5.41) is 26.4. The molecule has 49 heavy (non-hydrogen) atoms. The zero-order chi connectivity index (χ0) is 35.5. The number of aliphatic hydroxyl groups is 2. The molecule has 0 saturated carbocycles. The van der Waals surface area contributed by atoms with Crippen LogP contribution in [0.2, 0.25) is 5.02 Å². The predicted molar refractivity (Wildman–Crippen MR) is 166 cm³/mol. The van der Waals surface area contributed by atoms with E-state index in [-0.39, 0.29) is 39.8 Å². The maximum atomic E-state index is 14.3. The van der Waals surface area contributed by atoms with Gasteiger partial charge in [0.05, 0.1) is 18.5 Å². The summed E-state index contributed by atoms with van der Waals surface area (Å²) in [5.74, 6) is 4.73. The first-order valence-electron chi connectivity index (χ1n) is 14.4. The van der Waals surface area contributed by atoms with Crippen molar-refractivity contribution in [1.82, 2.24) is 24.6 Å². The van der Waals surface area contributed by atoms with Crippen LogP contribution in [0.25, 0.3) is 11.2 Å². The Labute approximate surface area is 280 Å². The monoisotopic (exact) mass is 728 g/mol. The van der Waals surface area contributed by atoms with Crippen molar-refractivity contribution in [2.45, 2.75) is 49.8 Å². The number of aromatic nitrogens is 4. The van der Waals surface area contributed by atoms with E-state index < -0.39 is 68.7 Å². The fraction of sp³-hybridized carbons (Fsp3) is 0.357. The van der Waals surface area contributed by atoms with Gasteiger partial charge >= 0.3 is 19.9 Å². The molecule has 6 atom stereocenters. The maximum absolute atomic E-state index is 14.3. The Balaban J connectivity index is 1.30. The second-order valence-corrected chi connectivity index (χ2v) is 13.5. The maximum Gasteiger partial charge on any atom is 0.459 e. The number of benzene rings is 2. The van der Waals surface area contributed by atoms with E-state index in [4.69, 9.17) is 41.7 Å². The molecule has 0 aliphatic carbocycles. The Morgan fingerprint density at radius 2 is 1.96 bits per heavy atom. The van der Waals surface area contributed by atoms with Crippen LogP contribution in [0.15, 0.2) is 48.8 Å². The first-order valence-corrected chi connectivity index (χ1v) is 16.3. The van der Waals surface area contributed by atoms with Gasteiger partial charge in [-0.1, -0.05) is 23.7 Å². The van der Waals surface area contributed by atoms with E-state index in [1.54, 1.807) is 0 Å². The number of nitrogens with zero attached hydrogens (tertiary/aromatic N) is 5. The standard InChI is InChI=1S/C28H29ClF3N8O8P/c1-27(43)21(41)18(47-25(27)40-12-35-20-22(39(2)34)36-26(33)37-23(20)40)11-46-49(44,48-14-8-6-13(29)7-9-14)38-19-15-4-3-5-17(28(30,31)32)16(15)10-45-24(19)42/h3-9,12,18-19,21,25,41,43H,10-11,34H2,1-2H3,(H,38,44)(H2,33,36,37)/t18?,19?,21-,25?,27-,49?/m1/s1. The number of imidazole rings is 1. The number of rotatable bonds is 9. The van der Waals surface area contributed by atoms with E-state index >= 15 is 0 Å². The van der Waals surface area contributed by atoms with Gasteiger partial charge in [0.1, 0.15) is 36.2 Å². The molecule has 7 N–H and O–H groups in total. The third-order valence-corrected chi connectivity index (χ3v) is 9.69. The number of alkyl halides is 3. The number of hydrazine groups is 1. The minimum atomic E-state index is -4.77. The molecule has 0 spiro atoms. The van der Waals surface area contributed by atoms with E-state index in [2.05, 4.69) is 20.0 Å². The van der Waals surface area contributed by atoms with Crippen LogP contribution >= 0.6 is 19.3 Å². The first-order chi connectivity index (χ1) is 23.0. The van der Waals surface area contributed by atoms with Gasteiger partial charge in [-0.25, -0.2) is 20.2 Å². The number of ether oxygens (including phenoxy) is 2. The molecule has 21 heteroatoms. The molecule has 0 bridgehead atoms. The van der Waals surface area contributed by atoms with Crippen LogP contribution in [0.3, 0.4) is 0 Å². The molecule has 2 aliphatic heterocycles. The van der Waals surface area contributed by atoms with E-state index in [1.165, 1.54) is 55.2 Å². The first kappa shape index (κ1) is 34.8. The van der Waals surface area contributed by atoms with Gasteiger partial charge in [0.2, 0.25) is 5.95 Å². The SMILES string of the molecule is CN(N)c1nc(N)nc2c1ncn2C1OC(COP(=O)(NC2C(=O)OCc3c2cccc3C(F)(F)F)Oc2ccc(Cl)cc2)[C@@H](O)[C@@]1(C)O. The molecule has 4 unspecified atom stereocenters. The zero-order valence-electron chi connectivity index (χ0n) is 25.5. The third-order valence-electron chi connectivity index (χ3n) is 7.92. The van der Waals surface area contributed by atoms with Gasteiger partial charge in [-0.15, -0.1) is 0 Å².